The lowest BCUT2D eigenvalue weighted by Gasteiger charge is -2.17. The summed E-state index contributed by atoms with van der Waals surface area (Å²) in [6.07, 6.45) is 1.56. The van der Waals surface area contributed by atoms with Gasteiger partial charge in [-0.25, -0.2) is 0 Å². The number of likely N-dealkylation sites (tertiary alicyclic amines) is 1. The summed E-state index contributed by atoms with van der Waals surface area (Å²) < 4.78 is 5.84. The summed E-state index contributed by atoms with van der Waals surface area (Å²) in [5.74, 6) is 1.71. The van der Waals surface area contributed by atoms with Crippen LogP contribution in [0.3, 0.4) is 0 Å². The largest absolute Gasteiger partial charge is 0.493 e. The van der Waals surface area contributed by atoms with E-state index in [1.165, 1.54) is 11.1 Å². The molecule has 1 aromatic rings. The van der Waals surface area contributed by atoms with Crippen molar-refractivity contribution in [3.8, 4) is 5.75 Å². The average molecular weight is 304 g/mol. The number of aryl methyl sites for hydroxylation is 2. The third-order valence-corrected chi connectivity index (χ3v) is 4.47. The molecule has 1 aliphatic heterocycles. The van der Waals surface area contributed by atoms with Crippen molar-refractivity contribution in [3.05, 3.63) is 28.8 Å². The number of carbonyl (C=O) groups excluding carboxylic acids is 1. The van der Waals surface area contributed by atoms with Crippen LogP contribution in [0.15, 0.2) is 12.1 Å². The van der Waals surface area contributed by atoms with E-state index in [0.29, 0.717) is 18.9 Å². The summed E-state index contributed by atoms with van der Waals surface area (Å²) in [5, 5.41) is 3.19. The van der Waals surface area contributed by atoms with Gasteiger partial charge < -0.3 is 15.0 Å². The van der Waals surface area contributed by atoms with Crippen molar-refractivity contribution in [2.75, 3.05) is 33.3 Å². The van der Waals surface area contributed by atoms with Crippen molar-refractivity contribution in [2.24, 2.45) is 5.92 Å². The summed E-state index contributed by atoms with van der Waals surface area (Å²) in [5.41, 5.74) is 3.59. The number of carbonyl (C=O) groups is 1. The second-order valence-electron chi connectivity index (χ2n) is 6.36. The Hall–Kier alpha value is -1.55. The van der Waals surface area contributed by atoms with E-state index in [1.54, 1.807) is 0 Å². The van der Waals surface area contributed by atoms with Crippen LogP contribution in [0.25, 0.3) is 0 Å². The molecule has 1 heterocycles. The normalized spacial score (nSPS) is 17.8. The highest BCUT2D eigenvalue weighted by Crippen LogP contribution is 2.23. The van der Waals surface area contributed by atoms with Crippen LogP contribution in [0.1, 0.15) is 29.5 Å². The van der Waals surface area contributed by atoms with E-state index in [-0.39, 0.29) is 5.91 Å². The van der Waals surface area contributed by atoms with E-state index in [2.05, 4.69) is 32.2 Å². The van der Waals surface area contributed by atoms with Gasteiger partial charge in [0.15, 0.2) is 0 Å². The SMILES string of the molecule is CNC[C@H]1CCN(C(=O)CCOc2cc(C)cc(C)c2C)C1. The van der Waals surface area contributed by atoms with Crippen LogP contribution < -0.4 is 10.1 Å². The molecule has 1 N–H and O–H groups in total. The molecule has 0 bridgehead atoms. The fourth-order valence-electron chi connectivity index (χ4n) is 3.07. The van der Waals surface area contributed by atoms with Crippen LogP contribution in [-0.2, 0) is 4.79 Å². The lowest BCUT2D eigenvalue weighted by molar-refractivity contribution is -0.130. The van der Waals surface area contributed by atoms with Crippen molar-refractivity contribution in [1.82, 2.24) is 10.2 Å². The number of rotatable bonds is 6. The molecule has 1 saturated heterocycles. The summed E-state index contributed by atoms with van der Waals surface area (Å²) in [6, 6.07) is 4.20. The van der Waals surface area contributed by atoms with E-state index < -0.39 is 0 Å². The molecule has 1 aromatic carbocycles. The molecule has 4 heteroatoms. The van der Waals surface area contributed by atoms with Gasteiger partial charge in [0.2, 0.25) is 5.91 Å². The highest BCUT2D eigenvalue weighted by atomic mass is 16.5. The van der Waals surface area contributed by atoms with Crippen LogP contribution in [0.2, 0.25) is 0 Å². The molecule has 22 heavy (non-hydrogen) atoms. The Morgan fingerprint density at radius 2 is 2.14 bits per heavy atom. The molecule has 1 amide bonds. The van der Waals surface area contributed by atoms with Crippen LogP contribution in [0.5, 0.6) is 5.75 Å². The van der Waals surface area contributed by atoms with Crippen LogP contribution in [0, 0.1) is 26.7 Å². The minimum absolute atomic E-state index is 0.209. The first-order valence-corrected chi connectivity index (χ1v) is 8.14. The second kappa shape index (κ2) is 7.63. The van der Waals surface area contributed by atoms with Gasteiger partial charge in [0.05, 0.1) is 13.0 Å². The van der Waals surface area contributed by atoms with E-state index in [1.807, 2.05) is 18.0 Å². The first-order valence-electron chi connectivity index (χ1n) is 8.14. The standard InChI is InChI=1S/C18H28N2O2/c1-13-9-14(2)15(3)17(10-13)22-8-6-18(21)20-7-5-16(12-20)11-19-4/h9-10,16,19H,5-8,11-12H2,1-4H3/t16-/m1/s1. The van der Waals surface area contributed by atoms with E-state index in [4.69, 9.17) is 4.74 Å². The predicted octanol–water partition coefficient (Wildman–Crippen LogP) is 2.45. The third-order valence-electron chi connectivity index (χ3n) is 4.47. The second-order valence-corrected chi connectivity index (χ2v) is 6.36. The summed E-state index contributed by atoms with van der Waals surface area (Å²) in [7, 11) is 1.96. The fourth-order valence-corrected chi connectivity index (χ4v) is 3.07. The summed E-state index contributed by atoms with van der Waals surface area (Å²) in [4.78, 5) is 14.2. The first-order chi connectivity index (χ1) is 10.5. The van der Waals surface area contributed by atoms with Crippen molar-refractivity contribution >= 4 is 5.91 Å². The first kappa shape index (κ1) is 16.8. The molecule has 0 aliphatic carbocycles. The highest BCUT2D eigenvalue weighted by molar-refractivity contribution is 5.76. The number of nitrogens with zero attached hydrogens (tertiary/aromatic N) is 1. The van der Waals surface area contributed by atoms with Crippen LogP contribution >= 0.6 is 0 Å². The van der Waals surface area contributed by atoms with Crippen LogP contribution in [-0.4, -0.2) is 44.1 Å². The summed E-state index contributed by atoms with van der Waals surface area (Å²) in [6.45, 7) is 9.42. The Morgan fingerprint density at radius 3 is 2.86 bits per heavy atom. The smallest absolute Gasteiger partial charge is 0.226 e. The third kappa shape index (κ3) is 4.23. The predicted molar refractivity (Wildman–Crippen MR) is 89.4 cm³/mol. The van der Waals surface area contributed by atoms with Gasteiger partial charge in [-0.3, -0.25) is 4.79 Å². The van der Waals surface area contributed by atoms with Gasteiger partial charge in [-0.2, -0.15) is 0 Å². The maximum atomic E-state index is 12.2. The van der Waals surface area contributed by atoms with Crippen molar-refractivity contribution in [2.45, 2.75) is 33.6 Å². The lowest BCUT2D eigenvalue weighted by atomic mass is 10.1. The van der Waals surface area contributed by atoms with Gasteiger partial charge in [-0.05, 0) is 69.5 Å². The minimum Gasteiger partial charge on any atom is -0.493 e. The number of hydrogen-bond acceptors (Lipinski definition) is 3. The number of benzene rings is 1. The van der Waals surface area contributed by atoms with Gasteiger partial charge in [-0.1, -0.05) is 6.07 Å². The average Bonchev–Trinajstić information content (AvgIpc) is 2.93. The van der Waals surface area contributed by atoms with E-state index >= 15 is 0 Å². The van der Waals surface area contributed by atoms with Gasteiger partial charge >= 0.3 is 0 Å². The maximum absolute atomic E-state index is 12.2. The quantitative estimate of drug-likeness (QED) is 0.878. The topological polar surface area (TPSA) is 41.6 Å². The van der Waals surface area contributed by atoms with Crippen molar-refractivity contribution < 1.29 is 9.53 Å². The molecule has 1 atom stereocenters. The Labute approximate surface area is 133 Å². The lowest BCUT2D eigenvalue weighted by Crippen LogP contribution is -2.31. The van der Waals surface area contributed by atoms with Gasteiger partial charge in [0.1, 0.15) is 5.75 Å². The summed E-state index contributed by atoms with van der Waals surface area (Å²) >= 11 is 0. The Kier molecular flexibility index (Phi) is 5.83. The molecule has 1 aliphatic rings. The Balaban J connectivity index is 1.81. The fraction of sp³-hybridized carbons (Fsp3) is 0.611. The maximum Gasteiger partial charge on any atom is 0.226 e. The highest BCUT2D eigenvalue weighted by Gasteiger charge is 2.25. The molecule has 2 rings (SSSR count). The Bertz CT molecular complexity index is 528. The molecule has 0 saturated carbocycles. The molecule has 0 spiro atoms. The monoisotopic (exact) mass is 304 g/mol. The van der Waals surface area contributed by atoms with Crippen molar-refractivity contribution in [3.63, 3.8) is 0 Å². The van der Waals surface area contributed by atoms with Gasteiger partial charge in [0, 0.05) is 13.1 Å². The van der Waals surface area contributed by atoms with E-state index in [9.17, 15) is 4.79 Å². The Morgan fingerprint density at radius 1 is 1.36 bits per heavy atom. The molecule has 0 aromatic heterocycles. The van der Waals surface area contributed by atoms with Gasteiger partial charge in [0.25, 0.3) is 0 Å². The molecule has 0 radical (unpaired) electrons. The van der Waals surface area contributed by atoms with Crippen LogP contribution in [0.4, 0.5) is 0 Å². The molecule has 0 unspecified atom stereocenters. The zero-order valence-electron chi connectivity index (χ0n) is 14.2. The molecule has 122 valence electrons. The molecule has 1 fully saturated rings. The zero-order chi connectivity index (χ0) is 16.1. The van der Waals surface area contributed by atoms with Crippen molar-refractivity contribution in [1.29, 1.82) is 0 Å². The molecular weight excluding hydrogens is 276 g/mol. The number of hydrogen-bond donors (Lipinski definition) is 1. The number of amides is 1. The zero-order valence-corrected chi connectivity index (χ0v) is 14.2. The minimum atomic E-state index is 0.209. The molecular formula is C18H28N2O2. The number of ether oxygens (including phenoxy) is 1. The molecule has 4 nitrogen and oxygen atoms in total. The van der Waals surface area contributed by atoms with E-state index in [0.717, 1.165) is 37.4 Å². The number of nitrogens with one attached hydrogen (secondary N) is 1. The van der Waals surface area contributed by atoms with Gasteiger partial charge in [-0.15, -0.1) is 0 Å².